The number of hydrogen-bond acceptors (Lipinski definition) is 9. The Bertz CT molecular complexity index is 2780. The lowest BCUT2D eigenvalue weighted by Gasteiger charge is -2.30. The minimum atomic E-state index is -3.49. The molecule has 3 aromatic carbocycles. The first kappa shape index (κ1) is 48.8. The zero-order chi connectivity index (χ0) is 47.3. The Labute approximate surface area is 383 Å². The number of amides is 1. The van der Waals surface area contributed by atoms with Crippen molar-refractivity contribution in [2.45, 2.75) is 96.6 Å². The average molecular weight is 922 g/mol. The molecule has 4 N–H and O–H groups in total. The number of hydrogen-bond donors (Lipinski definition) is 4. The molecule has 3 atom stereocenters. The molecule has 6 rings (SSSR count). The number of likely N-dealkylation sites (N-methyl/N-ethyl adjacent to an activating group) is 1. The van der Waals surface area contributed by atoms with E-state index in [0.29, 0.717) is 59.8 Å². The van der Waals surface area contributed by atoms with Crippen LogP contribution in [0.2, 0.25) is 0 Å². The minimum Gasteiger partial charge on any atom is -0.471 e. The summed E-state index contributed by atoms with van der Waals surface area (Å²) in [6.07, 6.45) is 13.3. The van der Waals surface area contributed by atoms with Gasteiger partial charge >= 0.3 is 0 Å². The van der Waals surface area contributed by atoms with Crippen LogP contribution < -0.4 is 15.5 Å². The number of fused-ring (bicyclic) bond motifs is 2. The Hall–Kier alpha value is -5.63. The molecule has 0 radical (unpaired) electrons. The smallest absolute Gasteiger partial charge is 0.260 e. The Kier molecular flexibility index (Phi) is 14.9. The third kappa shape index (κ3) is 10.6. The van der Waals surface area contributed by atoms with E-state index < -0.39 is 28.0 Å². The molecule has 0 aliphatic carbocycles. The molecule has 0 saturated heterocycles. The van der Waals surface area contributed by atoms with Gasteiger partial charge in [-0.1, -0.05) is 49.1 Å². The summed E-state index contributed by atoms with van der Waals surface area (Å²) in [5, 5.41) is 13.0. The number of aliphatic imine (C=N–C) groups is 1. The lowest BCUT2D eigenvalue weighted by Crippen LogP contribution is -2.29. The first-order valence-electron chi connectivity index (χ1n) is 21.7. The van der Waals surface area contributed by atoms with E-state index in [1.54, 1.807) is 31.5 Å². The van der Waals surface area contributed by atoms with Crippen molar-refractivity contribution in [2.75, 3.05) is 24.7 Å². The highest BCUT2D eigenvalue weighted by Crippen LogP contribution is 2.52. The molecule has 1 amide bonds. The SMILES string of the molecule is C=C(C)N=C(OCc1ccc(CNC(=O)CCCC2(C)\C(=C/C=C/C=C/C3=[N+](CC)c4ccc(S(=C)(=O)O)cc4C3(C)C)N(CC)c3ccc(P(C)(=O)OO)cc32)cc1)c1nc[nH]c1C. The van der Waals surface area contributed by atoms with Gasteiger partial charge in [0.25, 0.3) is 7.37 Å². The minimum absolute atomic E-state index is 0.0687. The van der Waals surface area contributed by atoms with Gasteiger partial charge in [-0.05, 0) is 120 Å². The van der Waals surface area contributed by atoms with Crippen molar-refractivity contribution in [1.82, 2.24) is 15.3 Å². The van der Waals surface area contributed by atoms with Crippen LogP contribution in [0, 0.1) is 6.92 Å². The van der Waals surface area contributed by atoms with Crippen LogP contribution in [0.3, 0.4) is 0 Å². The summed E-state index contributed by atoms with van der Waals surface area (Å²) in [6.45, 7) is 21.6. The number of aromatic nitrogens is 2. The molecular weight excluding hydrogens is 860 g/mol. The predicted molar refractivity (Wildman–Crippen MR) is 263 cm³/mol. The third-order valence-electron chi connectivity index (χ3n) is 12.2. The number of anilines is 1. The van der Waals surface area contributed by atoms with E-state index in [1.165, 1.54) is 6.66 Å². The van der Waals surface area contributed by atoms with Gasteiger partial charge in [-0.3, -0.25) is 9.36 Å². The molecule has 3 unspecified atom stereocenters. The molecule has 2 aliphatic rings. The van der Waals surface area contributed by atoms with Crippen LogP contribution in [0.4, 0.5) is 11.4 Å². The fraction of sp³-hybridized carbons (Fsp3) is 0.340. The first-order chi connectivity index (χ1) is 30.7. The maximum absolute atomic E-state index is 13.3. The van der Waals surface area contributed by atoms with Crippen LogP contribution >= 0.6 is 7.37 Å². The van der Waals surface area contributed by atoms with Gasteiger partial charge in [0.15, 0.2) is 5.71 Å². The van der Waals surface area contributed by atoms with Crippen molar-refractivity contribution in [3.63, 3.8) is 0 Å². The first-order valence-corrected chi connectivity index (χ1v) is 25.5. The summed E-state index contributed by atoms with van der Waals surface area (Å²) in [6, 6.07) is 18.8. The van der Waals surface area contributed by atoms with Crippen molar-refractivity contribution in [3.8, 4) is 0 Å². The lowest BCUT2D eigenvalue weighted by molar-refractivity contribution is -0.433. The van der Waals surface area contributed by atoms with Gasteiger partial charge in [0.2, 0.25) is 17.5 Å². The van der Waals surface area contributed by atoms with E-state index in [-0.39, 0.29) is 12.5 Å². The van der Waals surface area contributed by atoms with Crippen molar-refractivity contribution in [2.24, 2.45) is 4.99 Å². The number of nitrogens with one attached hydrogen (secondary N) is 2. The van der Waals surface area contributed by atoms with Gasteiger partial charge in [-0.15, -0.1) is 0 Å². The third-order valence-corrected chi connectivity index (χ3v) is 14.8. The summed E-state index contributed by atoms with van der Waals surface area (Å²) >= 11 is 0. The van der Waals surface area contributed by atoms with E-state index in [9.17, 15) is 23.4 Å². The number of carbonyl (C=O) groups is 1. The number of benzene rings is 3. The second-order valence-corrected chi connectivity index (χ2v) is 21.5. The van der Waals surface area contributed by atoms with E-state index in [1.807, 2.05) is 67.6 Å². The Morgan fingerprint density at radius 1 is 1.06 bits per heavy atom. The van der Waals surface area contributed by atoms with Gasteiger partial charge < -0.3 is 24.5 Å². The number of allylic oxidation sites excluding steroid dienone is 7. The number of rotatable bonds is 18. The highest BCUT2D eigenvalue weighted by Gasteiger charge is 2.45. The normalized spacial score (nSPS) is 19.4. The summed E-state index contributed by atoms with van der Waals surface area (Å²) in [5.41, 5.74) is 8.96. The van der Waals surface area contributed by atoms with E-state index >= 15 is 0 Å². The molecule has 65 heavy (non-hydrogen) atoms. The number of aryl methyl sites for hydroxylation is 1. The van der Waals surface area contributed by atoms with E-state index in [0.717, 1.165) is 57.3 Å². The number of carbonyl (C=O) groups excluding carboxylic acids is 1. The van der Waals surface area contributed by atoms with Gasteiger partial charge in [0.05, 0.1) is 16.6 Å². The highest BCUT2D eigenvalue weighted by molar-refractivity contribution is 7.95. The number of H-pyrrole nitrogens is 1. The molecule has 0 bridgehead atoms. The van der Waals surface area contributed by atoms with Gasteiger partial charge in [-0.25, -0.2) is 19.4 Å². The molecule has 3 heterocycles. The summed E-state index contributed by atoms with van der Waals surface area (Å²) in [7, 11) is -6.85. The van der Waals surface area contributed by atoms with Crippen LogP contribution in [0.5, 0.6) is 0 Å². The number of aromatic amines is 1. The van der Waals surface area contributed by atoms with Crippen LogP contribution in [-0.2, 0) is 52.6 Å². The van der Waals surface area contributed by atoms with Crippen molar-refractivity contribution < 1.29 is 37.4 Å². The molecule has 344 valence electrons. The monoisotopic (exact) mass is 921 g/mol. The number of nitrogens with zero attached hydrogens (tertiary/aromatic N) is 4. The molecule has 0 spiro atoms. The van der Waals surface area contributed by atoms with Gasteiger partial charge in [-0.2, -0.15) is 9.25 Å². The van der Waals surface area contributed by atoms with Crippen LogP contribution in [-0.4, -0.2) is 71.7 Å². The van der Waals surface area contributed by atoms with Crippen molar-refractivity contribution in [1.29, 1.82) is 0 Å². The Balaban J connectivity index is 1.15. The highest BCUT2D eigenvalue weighted by atomic mass is 32.2. The Morgan fingerprint density at radius 3 is 2.42 bits per heavy atom. The van der Waals surface area contributed by atoms with E-state index in [4.69, 9.17) is 4.74 Å². The zero-order valence-corrected chi connectivity index (χ0v) is 40.4. The molecule has 13 nitrogen and oxygen atoms in total. The molecule has 15 heteroatoms. The number of imidazole rings is 1. The van der Waals surface area contributed by atoms with Crippen molar-refractivity contribution in [3.05, 3.63) is 149 Å². The quantitative estimate of drug-likeness (QED) is 0.0111. The van der Waals surface area contributed by atoms with Crippen LogP contribution in [0.15, 0.2) is 125 Å². The largest absolute Gasteiger partial charge is 0.471 e. The Morgan fingerprint density at radius 2 is 1.78 bits per heavy atom. The molecular formula is C50H62N6O7PS+. The fourth-order valence-electron chi connectivity index (χ4n) is 8.69. The number of ether oxygens (including phenoxy) is 1. The van der Waals surface area contributed by atoms with Crippen LogP contribution in [0.25, 0.3) is 0 Å². The van der Waals surface area contributed by atoms with Gasteiger partial charge in [0, 0.05) is 77.4 Å². The molecule has 2 aliphatic heterocycles. The summed E-state index contributed by atoms with van der Waals surface area (Å²) in [5.74, 6) is 3.80. The maximum Gasteiger partial charge on any atom is 0.260 e. The second kappa shape index (κ2) is 19.9. The summed E-state index contributed by atoms with van der Waals surface area (Å²) in [4.78, 5) is 27.6. The fourth-order valence-corrected chi connectivity index (χ4v) is 10.1. The topological polar surface area (TPSA) is 169 Å². The van der Waals surface area contributed by atoms with E-state index in [2.05, 4.69) is 93.6 Å². The molecule has 0 fully saturated rings. The second-order valence-electron chi connectivity index (χ2n) is 17.3. The lowest BCUT2D eigenvalue weighted by atomic mass is 9.77. The molecule has 4 aromatic rings. The molecule has 1 aromatic heterocycles. The van der Waals surface area contributed by atoms with Crippen LogP contribution in [0.1, 0.15) is 94.4 Å². The van der Waals surface area contributed by atoms with Crippen molar-refractivity contribution >= 4 is 57.2 Å². The zero-order valence-electron chi connectivity index (χ0n) is 38.7. The standard InChI is InChI=1S/C50H61N6O7PS/c1-11-55-42-27-25-39(65(10,60)61)30-40(42)49(6,7)44(55)17-14-13-15-18-45-50(8,41-29-38(64(9,59)63-58)24-26-43(41)56(45)12-2)28-16-19-46(57)51-31-36-20-22-37(23-21-36)32-62-48(54-34(3)4)47-35(5)52-33-53-47/h13-15,17-18,20-27,29-30,33H,3,10-12,16,19,28,31-32H2,1-2,4-9H3,(H3-,51,52,53,54,57,58,60,61)/p+1. The predicted octanol–water partition coefficient (Wildman–Crippen LogP) is 9.46. The molecule has 0 saturated carbocycles. The van der Waals surface area contributed by atoms with Gasteiger partial charge in [0.1, 0.15) is 28.6 Å². The summed E-state index contributed by atoms with van der Waals surface area (Å²) < 4.78 is 48.6. The maximum atomic E-state index is 13.3. The average Bonchev–Trinajstić information content (AvgIpc) is 3.87.